The van der Waals surface area contributed by atoms with Gasteiger partial charge in [-0.1, -0.05) is 12.2 Å². The van der Waals surface area contributed by atoms with E-state index in [1.54, 1.807) is 0 Å². The van der Waals surface area contributed by atoms with E-state index < -0.39 is 33.0 Å². The summed E-state index contributed by atoms with van der Waals surface area (Å²) in [5.74, 6) is 0. The van der Waals surface area contributed by atoms with Crippen molar-refractivity contribution in [3.05, 3.63) is 12.2 Å². The minimum atomic E-state index is -1.07. The highest BCUT2D eigenvalue weighted by Crippen LogP contribution is 2.33. The molecule has 0 unspecified atom stereocenters. The molecule has 0 saturated heterocycles. The lowest BCUT2D eigenvalue weighted by Gasteiger charge is -2.39. The summed E-state index contributed by atoms with van der Waals surface area (Å²) in [5.41, 5.74) is -0.881. The first-order valence-electron chi connectivity index (χ1n) is 5.56. The topological polar surface area (TPSA) is 49.3 Å². The van der Waals surface area contributed by atoms with Crippen molar-refractivity contribution in [1.82, 2.24) is 5.32 Å². The molecule has 1 atom stereocenters. The van der Waals surface area contributed by atoms with Gasteiger partial charge in [-0.3, -0.25) is 8.39 Å². The molecule has 1 aliphatic rings. The van der Waals surface area contributed by atoms with Gasteiger partial charge >= 0.3 is 0 Å². The van der Waals surface area contributed by atoms with Crippen LogP contribution < -0.4 is 5.32 Å². The Labute approximate surface area is 106 Å². The Morgan fingerprint density at radius 2 is 2.25 bits per heavy atom. The van der Waals surface area contributed by atoms with Gasteiger partial charge in [0.15, 0.2) is 21.2 Å². The van der Waals surface area contributed by atoms with Crippen LogP contribution in [0.5, 0.6) is 0 Å². The third kappa shape index (κ3) is 3.85. The highest BCUT2D eigenvalue weighted by Gasteiger charge is 2.38. The monoisotopic (exact) mass is 343 g/mol. The maximum Gasteiger partial charge on any atom is 0.159 e. The number of nitrogens with one attached hydrogen (secondary N) is 1. The standard InChI is InChI=1S/C11H19FINO2/c1-2-3-10(14-8-13-16)11(15)6-4-9(12)5-7-11/h2-3,9-10,14-15H,4-8H2,1H3/b3-2+/t9?,10-,11?/m0/s1. The number of rotatable bonds is 5. The molecule has 1 saturated carbocycles. The largest absolute Gasteiger partial charge is 0.388 e. The van der Waals surface area contributed by atoms with Gasteiger partial charge in [-0.05, 0) is 32.6 Å². The lowest BCUT2D eigenvalue weighted by Crippen LogP contribution is -2.51. The fraction of sp³-hybridized carbons (Fsp3) is 0.818. The number of alkyl halides is 2. The zero-order chi connectivity index (χ0) is 12.0. The second kappa shape index (κ2) is 6.76. The van der Waals surface area contributed by atoms with Crippen LogP contribution in [0, 0.1) is 0 Å². The van der Waals surface area contributed by atoms with E-state index >= 15 is 0 Å². The Kier molecular flexibility index (Phi) is 5.99. The van der Waals surface area contributed by atoms with Crippen LogP contribution in [-0.4, -0.2) is 27.5 Å². The van der Waals surface area contributed by atoms with Crippen LogP contribution in [0.15, 0.2) is 12.2 Å². The second-order valence-corrected chi connectivity index (χ2v) is 5.61. The summed E-state index contributed by atoms with van der Waals surface area (Å²) in [6, 6.07) is -0.210. The van der Waals surface area contributed by atoms with E-state index in [0.717, 1.165) is 0 Å². The van der Waals surface area contributed by atoms with Crippen molar-refractivity contribution in [2.45, 2.75) is 50.4 Å². The van der Waals surface area contributed by atoms with Gasteiger partial charge < -0.3 is 5.11 Å². The second-order valence-electron chi connectivity index (χ2n) is 4.23. The van der Waals surface area contributed by atoms with E-state index in [4.69, 9.17) is 0 Å². The molecule has 0 aromatic heterocycles. The predicted molar refractivity (Wildman–Crippen MR) is 69.6 cm³/mol. The molecule has 0 aromatic carbocycles. The van der Waals surface area contributed by atoms with Crippen LogP contribution >= 0.6 is 21.2 Å². The summed E-state index contributed by atoms with van der Waals surface area (Å²) in [5, 5.41) is 13.5. The molecule has 16 heavy (non-hydrogen) atoms. The highest BCUT2D eigenvalue weighted by molar-refractivity contribution is 14.1. The van der Waals surface area contributed by atoms with E-state index in [2.05, 4.69) is 5.32 Å². The Morgan fingerprint density at radius 1 is 1.62 bits per heavy atom. The molecule has 0 spiro atoms. The Morgan fingerprint density at radius 3 is 2.75 bits per heavy atom. The van der Waals surface area contributed by atoms with Gasteiger partial charge in [-0.2, -0.15) is 0 Å². The van der Waals surface area contributed by atoms with Crippen molar-refractivity contribution >= 4 is 21.2 Å². The summed E-state index contributed by atoms with van der Waals surface area (Å²) in [6.07, 6.45) is 4.72. The van der Waals surface area contributed by atoms with Crippen LogP contribution in [0.25, 0.3) is 0 Å². The van der Waals surface area contributed by atoms with Gasteiger partial charge in [0.25, 0.3) is 0 Å². The maximum absolute atomic E-state index is 13.0. The van der Waals surface area contributed by atoms with E-state index in [1.807, 2.05) is 19.1 Å². The highest BCUT2D eigenvalue weighted by atomic mass is 127. The summed E-state index contributed by atoms with van der Waals surface area (Å²) in [6.45, 7) is 1.88. The molecule has 2 N–H and O–H groups in total. The van der Waals surface area contributed by atoms with Gasteiger partial charge in [0.2, 0.25) is 0 Å². The van der Waals surface area contributed by atoms with Crippen LogP contribution in [0.3, 0.4) is 0 Å². The molecule has 1 aliphatic carbocycles. The van der Waals surface area contributed by atoms with Gasteiger partial charge in [0, 0.05) is 0 Å². The first-order valence-corrected chi connectivity index (χ1v) is 7.97. The first kappa shape index (κ1) is 14.2. The molecule has 1 rings (SSSR count). The van der Waals surface area contributed by atoms with E-state index in [1.165, 1.54) is 0 Å². The predicted octanol–water partition coefficient (Wildman–Crippen LogP) is 2.44. The SMILES string of the molecule is C/C=C/[C@H](NCI=O)C1(O)CCC(F)CC1. The van der Waals surface area contributed by atoms with Crippen molar-refractivity contribution in [2.75, 3.05) is 4.55 Å². The lowest BCUT2D eigenvalue weighted by atomic mass is 9.78. The van der Waals surface area contributed by atoms with Crippen molar-refractivity contribution in [3.63, 3.8) is 0 Å². The van der Waals surface area contributed by atoms with Crippen molar-refractivity contribution < 1.29 is 12.6 Å². The normalized spacial score (nSPS) is 33.1. The number of allylic oxidation sites excluding steroid dienone is 1. The maximum atomic E-state index is 13.0. The average Bonchev–Trinajstić information content (AvgIpc) is 2.28. The molecule has 0 radical (unpaired) electrons. The summed E-state index contributed by atoms with van der Waals surface area (Å²) in [4.78, 5) is 0. The molecule has 1 fully saturated rings. The van der Waals surface area contributed by atoms with Gasteiger partial charge in [0.05, 0.1) is 16.2 Å². The van der Waals surface area contributed by atoms with Crippen LogP contribution in [0.4, 0.5) is 4.39 Å². The quantitative estimate of drug-likeness (QED) is 0.349. The first-order chi connectivity index (χ1) is 7.62. The molecular weight excluding hydrogens is 324 g/mol. The van der Waals surface area contributed by atoms with Crippen molar-refractivity contribution in [3.8, 4) is 0 Å². The van der Waals surface area contributed by atoms with Crippen molar-refractivity contribution in [2.24, 2.45) is 0 Å². The smallest absolute Gasteiger partial charge is 0.159 e. The van der Waals surface area contributed by atoms with Crippen LogP contribution in [0.2, 0.25) is 0 Å². The number of halogens is 2. The molecule has 0 bridgehead atoms. The van der Waals surface area contributed by atoms with Crippen molar-refractivity contribution in [1.29, 1.82) is 0 Å². The summed E-state index contributed by atoms with van der Waals surface area (Å²) >= 11 is -1.07. The third-order valence-corrected chi connectivity index (χ3v) is 3.85. The molecule has 0 aliphatic heterocycles. The van der Waals surface area contributed by atoms with E-state index in [0.29, 0.717) is 30.2 Å². The zero-order valence-corrected chi connectivity index (χ0v) is 11.6. The third-order valence-electron chi connectivity index (χ3n) is 3.10. The molecular formula is C11H19FINO2. The molecule has 3 nitrogen and oxygen atoms in total. The molecule has 0 heterocycles. The Hall–Kier alpha value is 0.120. The lowest BCUT2D eigenvalue weighted by molar-refractivity contribution is -0.0315. The van der Waals surface area contributed by atoms with Gasteiger partial charge in [0.1, 0.15) is 6.17 Å². The van der Waals surface area contributed by atoms with E-state index in [9.17, 15) is 12.6 Å². The minimum absolute atomic E-state index is 0.210. The molecule has 5 heteroatoms. The zero-order valence-electron chi connectivity index (χ0n) is 9.46. The van der Waals surface area contributed by atoms with E-state index in [-0.39, 0.29) is 6.04 Å². The number of hydrogen-bond donors (Lipinski definition) is 2. The van der Waals surface area contributed by atoms with Crippen LogP contribution in [-0.2, 0) is 3.07 Å². The minimum Gasteiger partial charge on any atom is -0.388 e. The fourth-order valence-corrected chi connectivity index (χ4v) is 2.79. The molecule has 0 aromatic rings. The Balaban J connectivity index is 2.64. The molecule has 0 amide bonds. The number of hydrogen-bond acceptors (Lipinski definition) is 3. The number of aliphatic hydroxyl groups is 1. The Bertz CT molecular complexity index is 252. The summed E-state index contributed by atoms with van der Waals surface area (Å²) < 4.78 is 24.0. The average molecular weight is 343 g/mol. The fourth-order valence-electron chi connectivity index (χ4n) is 2.14. The van der Waals surface area contributed by atoms with Gasteiger partial charge in [-0.15, -0.1) is 0 Å². The van der Waals surface area contributed by atoms with Gasteiger partial charge in [-0.25, -0.2) is 4.39 Å². The van der Waals surface area contributed by atoms with Crippen LogP contribution in [0.1, 0.15) is 32.6 Å². The molecule has 94 valence electrons. The summed E-state index contributed by atoms with van der Waals surface area (Å²) in [7, 11) is 0.